The van der Waals surface area contributed by atoms with Gasteiger partial charge in [0.1, 0.15) is 12.4 Å². The predicted octanol–water partition coefficient (Wildman–Crippen LogP) is 4.06. The van der Waals surface area contributed by atoms with Gasteiger partial charge in [-0.15, -0.1) is 0 Å². The second-order valence-electron chi connectivity index (χ2n) is 4.95. The van der Waals surface area contributed by atoms with E-state index in [-0.39, 0.29) is 0 Å². The van der Waals surface area contributed by atoms with Gasteiger partial charge in [-0.3, -0.25) is 4.98 Å². The van der Waals surface area contributed by atoms with E-state index in [1.807, 2.05) is 54.6 Å². The van der Waals surface area contributed by atoms with E-state index < -0.39 is 0 Å². The Kier molecular flexibility index (Phi) is 4.88. The third-order valence-corrected chi connectivity index (χ3v) is 3.79. The van der Waals surface area contributed by atoms with Crippen molar-refractivity contribution in [1.82, 2.24) is 10.3 Å². The molecule has 1 heterocycles. The summed E-state index contributed by atoms with van der Waals surface area (Å²) in [5.74, 6) is 0.722. The van der Waals surface area contributed by atoms with Crippen LogP contribution in [0.4, 0.5) is 0 Å². The van der Waals surface area contributed by atoms with Gasteiger partial charge in [-0.05, 0) is 23.6 Å². The van der Waals surface area contributed by atoms with Crippen molar-refractivity contribution in [2.24, 2.45) is 0 Å². The molecule has 0 aliphatic carbocycles. The molecule has 0 amide bonds. The van der Waals surface area contributed by atoms with E-state index >= 15 is 0 Å². The summed E-state index contributed by atoms with van der Waals surface area (Å²) in [7, 11) is 0. The van der Waals surface area contributed by atoms with Gasteiger partial charge < -0.3 is 10.1 Å². The summed E-state index contributed by atoms with van der Waals surface area (Å²) in [6.07, 6.45) is 1.79. The standard InChI is InChI=1S/C18H17ClN2O/c19-18-16-7-2-1-5-14(16)8-9-17(18)22-12-11-20-13-15-6-3-4-10-21-15/h1-10,20H,11-13H2. The molecule has 2 aromatic carbocycles. The van der Waals surface area contributed by atoms with Crippen molar-refractivity contribution in [3.05, 3.63) is 71.5 Å². The van der Waals surface area contributed by atoms with Gasteiger partial charge in [0.05, 0.1) is 10.7 Å². The van der Waals surface area contributed by atoms with E-state index in [1.165, 1.54) is 0 Å². The third kappa shape index (κ3) is 3.56. The van der Waals surface area contributed by atoms with Crippen molar-refractivity contribution in [3.8, 4) is 5.75 Å². The van der Waals surface area contributed by atoms with Crippen molar-refractivity contribution in [1.29, 1.82) is 0 Å². The smallest absolute Gasteiger partial charge is 0.138 e. The summed E-state index contributed by atoms with van der Waals surface area (Å²) in [6.45, 7) is 2.03. The van der Waals surface area contributed by atoms with Crippen LogP contribution in [-0.2, 0) is 6.54 Å². The Labute approximate surface area is 134 Å². The summed E-state index contributed by atoms with van der Waals surface area (Å²) in [4.78, 5) is 4.26. The molecule has 0 saturated heterocycles. The lowest BCUT2D eigenvalue weighted by molar-refractivity contribution is 0.314. The molecule has 22 heavy (non-hydrogen) atoms. The minimum atomic E-state index is 0.560. The highest BCUT2D eigenvalue weighted by Gasteiger charge is 2.05. The van der Waals surface area contributed by atoms with E-state index in [4.69, 9.17) is 16.3 Å². The third-order valence-electron chi connectivity index (χ3n) is 3.40. The molecule has 3 aromatic rings. The van der Waals surface area contributed by atoms with Crippen LogP contribution in [0.3, 0.4) is 0 Å². The number of nitrogens with zero attached hydrogens (tertiary/aromatic N) is 1. The quantitative estimate of drug-likeness (QED) is 0.697. The monoisotopic (exact) mass is 312 g/mol. The summed E-state index contributed by atoms with van der Waals surface area (Å²) in [6, 6.07) is 17.9. The Morgan fingerprint density at radius 2 is 1.86 bits per heavy atom. The Balaban J connectivity index is 1.52. The minimum absolute atomic E-state index is 0.560. The number of rotatable bonds is 6. The van der Waals surface area contributed by atoms with Gasteiger partial charge in [-0.2, -0.15) is 0 Å². The maximum atomic E-state index is 6.39. The number of pyridine rings is 1. The van der Waals surface area contributed by atoms with Crippen LogP contribution in [-0.4, -0.2) is 18.1 Å². The molecule has 0 aliphatic heterocycles. The number of nitrogens with one attached hydrogen (secondary N) is 1. The zero-order valence-corrected chi connectivity index (χ0v) is 12.9. The molecule has 0 bridgehead atoms. The van der Waals surface area contributed by atoms with E-state index in [0.29, 0.717) is 11.6 Å². The molecule has 0 radical (unpaired) electrons. The van der Waals surface area contributed by atoms with Gasteiger partial charge >= 0.3 is 0 Å². The lowest BCUT2D eigenvalue weighted by atomic mass is 10.1. The lowest BCUT2D eigenvalue weighted by Crippen LogP contribution is -2.21. The van der Waals surface area contributed by atoms with Gasteiger partial charge in [0, 0.05) is 24.7 Å². The second-order valence-corrected chi connectivity index (χ2v) is 5.32. The molecule has 4 heteroatoms. The van der Waals surface area contributed by atoms with E-state index in [1.54, 1.807) is 6.20 Å². The minimum Gasteiger partial charge on any atom is -0.491 e. The first-order valence-electron chi connectivity index (χ1n) is 7.25. The van der Waals surface area contributed by atoms with Crippen LogP contribution in [0.5, 0.6) is 5.75 Å². The zero-order chi connectivity index (χ0) is 15.2. The number of fused-ring (bicyclic) bond motifs is 1. The Bertz CT molecular complexity index is 746. The van der Waals surface area contributed by atoms with Gasteiger partial charge in [-0.1, -0.05) is 48.0 Å². The number of aromatic nitrogens is 1. The molecule has 0 unspecified atom stereocenters. The van der Waals surface area contributed by atoms with E-state index in [9.17, 15) is 0 Å². The molecule has 1 N–H and O–H groups in total. The summed E-state index contributed by atoms with van der Waals surface area (Å²) >= 11 is 6.39. The second kappa shape index (κ2) is 7.25. The molecule has 112 valence electrons. The van der Waals surface area contributed by atoms with E-state index in [0.717, 1.165) is 35.3 Å². The molecule has 0 spiro atoms. The Morgan fingerprint density at radius 3 is 2.73 bits per heavy atom. The predicted molar refractivity (Wildman–Crippen MR) is 90.4 cm³/mol. The fourth-order valence-electron chi connectivity index (χ4n) is 2.28. The van der Waals surface area contributed by atoms with Gasteiger partial charge in [0.15, 0.2) is 0 Å². The van der Waals surface area contributed by atoms with Crippen molar-refractivity contribution in [2.75, 3.05) is 13.2 Å². The van der Waals surface area contributed by atoms with Crippen molar-refractivity contribution in [3.63, 3.8) is 0 Å². The number of hydrogen-bond donors (Lipinski definition) is 1. The highest BCUT2D eigenvalue weighted by molar-refractivity contribution is 6.37. The lowest BCUT2D eigenvalue weighted by Gasteiger charge is -2.10. The maximum Gasteiger partial charge on any atom is 0.138 e. The normalized spacial score (nSPS) is 10.8. The topological polar surface area (TPSA) is 34.1 Å². The van der Waals surface area contributed by atoms with Crippen LogP contribution >= 0.6 is 11.6 Å². The molecule has 1 aromatic heterocycles. The van der Waals surface area contributed by atoms with Crippen LogP contribution < -0.4 is 10.1 Å². The van der Waals surface area contributed by atoms with Crippen LogP contribution in [0.1, 0.15) is 5.69 Å². The van der Waals surface area contributed by atoms with Crippen LogP contribution in [0, 0.1) is 0 Å². The van der Waals surface area contributed by atoms with Crippen LogP contribution in [0.2, 0.25) is 5.02 Å². The largest absolute Gasteiger partial charge is 0.491 e. The summed E-state index contributed by atoms with van der Waals surface area (Å²) in [5.41, 5.74) is 1.02. The fraction of sp³-hybridized carbons (Fsp3) is 0.167. The molecule has 0 aliphatic rings. The SMILES string of the molecule is Clc1c(OCCNCc2ccccn2)ccc2ccccc12. The average Bonchev–Trinajstić information content (AvgIpc) is 2.58. The molecular weight excluding hydrogens is 296 g/mol. The van der Waals surface area contributed by atoms with Crippen molar-refractivity contribution < 1.29 is 4.74 Å². The molecule has 0 fully saturated rings. The number of hydrogen-bond acceptors (Lipinski definition) is 3. The molecule has 0 saturated carbocycles. The molecule has 0 atom stereocenters. The number of benzene rings is 2. The first-order valence-corrected chi connectivity index (χ1v) is 7.63. The fourth-order valence-corrected chi connectivity index (χ4v) is 2.57. The highest BCUT2D eigenvalue weighted by Crippen LogP contribution is 2.32. The highest BCUT2D eigenvalue weighted by atomic mass is 35.5. The molecule has 3 nitrogen and oxygen atoms in total. The summed E-state index contributed by atoms with van der Waals surface area (Å²) in [5, 5.41) is 6.10. The number of halogens is 1. The van der Waals surface area contributed by atoms with Gasteiger partial charge in [-0.25, -0.2) is 0 Å². The number of ether oxygens (including phenoxy) is 1. The molecule has 3 rings (SSSR count). The average molecular weight is 313 g/mol. The first-order chi connectivity index (χ1) is 10.8. The zero-order valence-electron chi connectivity index (χ0n) is 12.1. The van der Waals surface area contributed by atoms with Gasteiger partial charge in [0.25, 0.3) is 0 Å². The molecular formula is C18H17ClN2O. The van der Waals surface area contributed by atoms with E-state index in [2.05, 4.69) is 10.3 Å². The summed E-state index contributed by atoms with van der Waals surface area (Å²) < 4.78 is 5.77. The Morgan fingerprint density at radius 1 is 1.00 bits per heavy atom. The maximum absolute atomic E-state index is 6.39. The Hall–Kier alpha value is -2.10. The van der Waals surface area contributed by atoms with Crippen molar-refractivity contribution in [2.45, 2.75) is 6.54 Å². The first kappa shape index (κ1) is 14.8. The van der Waals surface area contributed by atoms with Gasteiger partial charge in [0.2, 0.25) is 0 Å². The van der Waals surface area contributed by atoms with Crippen LogP contribution in [0.25, 0.3) is 10.8 Å². The van der Waals surface area contributed by atoms with Crippen LogP contribution in [0.15, 0.2) is 60.8 Å². The van der Waals surface area contributed by atoms with Crippen molar-refractivity contribution >= 4 is 22.4 Å².